The molecule has 0 saturated carbocycles. The van der Waals surface area contributed by atoms with Gasteiger partial charge in [0.1, 0.15) is 0 Å². The molecule has 0 bridgehead atoms. The second-order valence-corrected chi connectivity index (χ2v) is 3.23. The molecule has 1 aromatic carbocycles. The van der Waals surface area contributed by atoms with Gasteiger partial charge in [-0.1, -0.05) is 30.3 Å². The van der Waals surface area contributed by atoms with Crippen molar-refractivity contribution in [2.75, 3.05) is 26.4 Å². The van der Waals surface area contributed by atoms with Gasteiger partial charge < -0.3 is 14.6 Å². The Kier molecular flexibility index (Phi) is 6.83. The van der Waals surface area contributed by atoms with Crippen molar-refractivity contribution in [3.8, 4) is 0 Å². The fourth-order valence-corrected chi connectivity index (χ4v) is 1.15. The predicted molar refractivity (Wildman–Crippen MR) is 58.6 cm³/mol. The molecule has 84 valence electrons. The molecule has 0 spiro atoms. The Morgan fingerprint density at radius 1 is 0.933 bits per heavy atom. The molecular formula is C12H18O3. The number of hydrogen-bond acceptors (Lipinski definition) is 3. The zero-order chi connectivity index (χ0) is 10.8. The molecule has 3 nitrogen and oxygen atoms in total. The highest BCUT2D eigenvalue weighted by atomic mass is 16.5. The second kappa shape index (κ2) is 8.41. The molecule has 0 aliphatic rings. The van der Waals surface area contributed by atoms with Crippen LogP contribution in [0.15, 0.2) is 30.3 Å². The Morgan fingerprint density at radius 3 is 2.40 bits per heavy atom. The molecule has 0 saturated heterocycles. The van der Waals surface area contributed by atoms with Gasteiger partial charge in [-0.2, -0.15) is 0 Å². The lowest BCUT2D eigenvalue weighted by Gasteiger charge is -2.05. The summed E-state index contributed by atoms with van der Waals surface area (Å²) in [7, 11) is 0. The lowest BCUT2D eigenvalue weighted by molar-refractivity contribution is 0.0360. The van der Waals surface area contributed by atoms with Crippen LogP contribution in [0.1, 0.15) is 12.0 Å². The lowest BCUT2D eigenvalue weighted by Crippen LogP contribution is -2.06. The van der Waals surface area contributed by atoms with Gasteiger partial charge in [0.25, 0.3) is 0 Å². The monoisotopic (exact) mass is 210 g/mol. The number of benzene rings is 1. The minimum absolute atomic E-state index is 0.185. The molecule has 0 aliphatic carbocycles. The summed E-state index contributed by atoms with van der Waals surface area (Å²) >= 11 is 0. The number of hydrogen-bond donors (Lipinski definition) is 1. The number of aliphatic hydroxyl groups excluding tert-OH is 1. The predicted octanol–water partition coefficient (Wildman–Crippen LogP) is 1.60. The summed E-state index contributed by atoms with van der Waals surface area (Å²) in [5, 5.41) is 8.51. The van der Waals surface area contributed by atoms with Crippen LogP contribution in [0.3, 0.4) is 0 Å². The van der Waals surface area contributed by atoms with Gasteiger partial charge in [0, 0.05) is 13.2 Å². The summed E-state index contributed by atoms with van der Waals surface area (Å²) in [6.45, 7) is 2.60. The van der Waals surface area contributed by atoms with Crippen LogP contribution in [0.2, 0.25) is 0 Å². The fraction of sp³-hybridized carbons (Fsp3) is 0.500. The number of rotatable bonds is 8. The smallest absolute Gasteiger partial charge is 0.0718 e. The van der Waals surface area contributed by atoms with E-state index >= 15 is 0 Å². The molecule has 0 unspecified atom stereocenters. The third kappa shape index (κ3) is 6.23. The summed E-state index contributed by atoms with van der Waals surface area (Å²) in [6.07, 6.45) is 0.693. The van der Waals surface area contributed by atoms with Crippen molar-refractivity contribution in [1.29, 1.82) is 0 Å². The van der Waals surface area contributed by atoms with E-state index in [0.717, 1.165) is 0 Å². The molecule has 0 aliphatic heterocycles. The highest BCUT2D eigenvalue weighted by Crippen LogP contribution is 1.99. The maximum absolute atomic E-state index is 8.51. The van der Waals surface area contributed by atoms with Gasteiger partial charge in [0.2, 0.25) is 0 Å². The van der Waals surface area contributed by atoms with Crippen molar-refractivity contribution in [3.63, 3.8) is 0 Å². The Bertz CT molecular complexity index is 236. The maximum atomic E-state index is 8.51. The Hall–Kier alpha value is -0.900. The molecule has 1 N–H and O–H groups in total. The quantitative estimate of drug-likeness (QED) is 0.662. The molecule has 0 heterocycles. The molecule has 0 radical (unpaired) electrons. The normalized spacial score (nSPS) is 10.5. The van der Waals surface area contributed by atoms with Crippen LogP contribution in [-0.2, 0) is 16.1 Å². The minimum Gasteiger partial charge on any atom is -0.396 e. The second-order valence-electron chi connectivity index (χ2n) is 3.23. The minimum atomic E-state index is 0.185. The van der Waals surface area contributed by atoms with Crippen LogP contribution in [0.4, 0.5) is 0 Å². The molecule has 3 heteroatoms. The SMILES string of the molecule is OCCCOCCOCc1ccccc1. The Morgan fingerprint density at radius 2 is 1.67 bits per heavy atom. The van der Waals surface area contributed by atoms with Crippen molar-refractivity contribution in [1.82, 2.24) is 0 Å². The van der Waals surface area contributed by atoms with Gasteiger partial charge in [0.15, 0.2) is 0 Å². The van der Waals surface area contributed by atoms with Crippen LogP contribution in [0.25, 0.3) is 0 Å². The lowest BCUT2D eigenvalue weighted by atomic mass is 10.2. The summed E-state index contributed by atoms with van der Waals surface area (Å²) in [6, 6.07) is 10.0. The van der Waals surface area contributed by atoms with E-state index in [4.69, 9.17) is 14.6 Å². The van der Waals surface area contributed by atoms with E-state index in [1.807, 2.05) is 30.3 Å². The van der Waals surface area contributed by atoms with Gasteiger partial charge in [-0.05, 0) is 12.0 Å². The van der Waals surface area contributed by atoms with E-state index in [-0.39, 0.29) is 6.61 Å². The third-order valence-electron chi connectivity index (χ3n) is 1.93. The van der Waals surface area contributed by atoms with Gasteiger partial charge in [-0.25, -0.2) is 0 Å². The number of ether oxygens (including phenoxy) is 2. The van der Waals surface area contributed by atoms with Crippen LogP contribution >= 0.6 is 0 Å². The molecule has 0 atom stereocenters. The van der Waals surface area contributed by atoms with Crippen LogP contribution in [0, 0.1) is 0 Å². The third-order valence-corrected chi connectivity index (χ3v) is 1.93. The average Bonchev–Trinajstić information content (AvgIpc) is 2.29. The van der Waals surface area contributed by atoms with E-state index in [0.29, 0.717) is 32.8 Å². The molecule has 0 aromatic heterocycles. The van der Waals surface area contributed by atoms with Crippen LogP contribution in [0.5, 0.6) is 0 Å². The van der Waals surface area contributed by atoms with Gasteiger partial charge in [0.05, 0.1) is 19.8 Å². The largest absolute Gasteiger partial charge is 0.396 e. The molecule has 1 aromatic rings. The van der Waals surface area contributed by atoms with Gasteiger partial charge >= 0.3 is 0 Å². The highest BCUT2D eigenvalue weighted by molar-refractivity contribution is 5.13. The van der Waals surface area contributed by atoms with Crippen LogP contribution < -0.4 is 0 Å². The van der Waals surface area contributed by atoms with E-state index < -0.39 is 0 Å². The maximum Gasteiger partial charge on any atom is 0.0718 e. The molecular weight excluding hydrogens is 192 g/mol. The zero-order valence-electron chi connectivity index (χ0n) is 8.89. The average molecular weight is 210 g/mol. The van der Waals surface area contributed by atoms with Crippen molar-refractivity contribution in [2.24, 2.45) is 0 Å². The van der Waals surface area contributed by atoms with Gasteiger partial charge in [-0.15, -0.1) is 0 Å². The Labute approximate surface area is 90.6 Å². The number of aliphatic hydroxyl groups is 1. The van der Waals surface area contributed by atoms with Crippen molar-refractivity contribution in [3.05, 3.63) is 35.9 Å². The highest BCUT2D eigenvalue weighted by Gasteiger charge is 1.92. The topological polar surface area (TPSA) is 38.7 Å². The molecule has 1 rings (SSSR count). The zero-order valence-corrected chi connectivity index (χ0v) is 8.89. The van der Waals surface area contributed by atoms with Crippen LogP contribution in [-0.4, -0.2) is 31.5 Å². The van der Waals surface area contributed by atoms with E-state index in [9.17, 15) is 0 Å². The van der Waals surface area contributed by atoms with Crippen molar-refractivity contribution >= 4 is 0 Å². The molecule has 0 fully saturated rings. The summed E-state index contributed by atoms with van der Waals surface area (Å²) in [4.78, 5) is 0. The first-order chi connectivity index (χ1) is 7.43. The fourth-order valence-electron chi connectivity index (χ4n) is 1.15. The van der Waals surface area contributed by atoms with E-state index in [2.05, 4.69) is 0 Å². The van der Waals surface area contributed by atoms with Crippen molar-refractivity contribution in [2.45, 2.75) is 13.0 Å². The van der Waals surface area contributed by atoms with Crippen molar-refractivity contribution < 1.29 is 14.6 Å². The molecule has 0 amide bonds. The standard InChI is InChI=1S/C12H18O3/c13-7-4-8-14-9-10-15-11-12-5-2-1-3-6-12/h1-3,5-6,13H,4,7-11H2. The molecule has 15 heavy (non-hydrogen) atoms. The van der Waals surface area contributed by atoms with Gasteiger partial charge in [-0.3, -0.25) is 0 Å². The summed E-state index contributed by atoms with van der Waals surface area (Å²) in [5.41, 5.74) is 1.17. The summed E-state index contributed by atoms with van der Waals surface area (Å²) in [5.74, 6) is 0. The summed E-state index contributed by atoms with van der Waals surface area (Å²) < 4.78 is 10.6. The first-order valence-electron chi connectivity index (χ1n) is 5.24. The first kappa shape index (κ1) is 12.2. The Balaban J connectivity index is 1.93. The van der Waals surface area contributed by atoms with E-state index in [1.54, 1.807) is 0 Å². The van der Waals surface area contributed by atoms with E-state index in [1.165, 1.54) is 5.56 Å². The first-order valence-corrected chi connectivity index (χ1v) is 5.24.